The van der Waals surface area contributed by atoms with Gasteiger partial charge in [0.05, 0.1) is 12.2 Å². The van der Waals surface area contributed by atoms with Crippen LogP contribution in [0.1, 0.15) is 55.0 Å². The lowest BCUT2D eigenvalue weighted by molar-refractivity contribution is -0.182. The molecule has 2 fully saturated rings. The molecule has 0 amide bonds. The molecule has 6 rings (SSSR count). The van der Waals surface area contributed by atoms with Gasteiger partial charge in [-0.1, -0.05) is 11.6 Å². The minimum atomic E-state index is -4.40. The number of rotatable bonds is 4. The van der Waals surface area contributed by atoms with Crippen molar-refractivity contribution in [3.63, 3.8) is 0 Å². The van der Waals surface area contributed by atoms with Gasteiger partial charge in [0.15, 0.2) is 11.6 Å². The Kier molecular flexibility index (Phi) is 5.91. The van der Waals surface area contributed by atoms with Crippen LogP contribution in [-0.4, -0.2) is 50.0 Å². The van der Waals surface area contributed by atoms with Crippen LogP contribution in [-0.2, 0) is 13.1 Å². The third-order valence-electron chi connectivity index (χ3n) is 7.94. The van der Waals surface area contributed by atoms with Crippen molar-refractivity contribution in [3.05, 3.63) is 64.1 Å². The number of aromatic nitrogens is 4. The van der Waals surface area contributed by atoms with E-state index in [2.05, 4.69) is 15.2 Å². The predicted octanol–water partition coefficient (Wildman–Crippen LogP) is 6.04. The number of nitrogens with zero attached hydrogens (tertiary/aromatic N) is 6. The molecule has 0 radical (unpaired) electrons. The molecule has 1 saturated heterocycles. The number of hydrogen-bond acceptors (Lipinski definition) is 5. The van der Waals surface area contributed by atoms with E-state index in [1.807, 2.05) is 9.47 Å². The van der Waals surface area contributed by atoms with Crippen LogP contribution in [0, 0.1) is 11.2 Å². The molecule has 1 aliphatic carbocycles. The van der Waals surface area contributed by atoms with Crippen LogP contribution in [0.25, 0.3) is 5.69 Å². The van der Waals surface area contributed by atoms with Gasteiger partial charge in [0, 0.05) is 36.0 Å². The second kappa shape index (κ2) is 8.84. The zero-order chi connectivity index (χ0) is 27.0. The van der Waals surface area contributed by atoms with Crippen LogP contribution in [0.15, 0.2) is 30.3 Å². The van der Waals surface area contributed by atoms with Gasteiger partial charge < -0.3 is 4.90 Å². The van der Waals surface area contributed by atoms with Crippen molar-refractivity contribution in [2.45, 2.75) is 57.4 Å². The maximum Gasteiger partial charge on any atom is 0.403 e. The van der Waals surface area contributed by atoms with Gasteiger partial charge in [-0.15, -0.1) is 10.2 Å². The van der Waals surface area contributed by atoms with Crippen molar-refractivity contribution >= 4 is 17.4 Å². The lowest BCUT2D eigenvalue weighted by Gasteiger charge is -2.59. The Hall–Kier alpha value is -2.86. The molecule has 0 bridgehead atoms. The Morgan fingerprint density at radius 1 is 1.05 bits per heavy atom. The van der Waals surface area contributed by atoms with Crippen molar-refractivity contribution in [3.8, 4) is 5.69 Å². The molecule has 38 heavy (non-hydrogen) atoms. The largest absolute Gasteiger partial charge is 0.403 e. The first-order valence-electron chi connectivity index (χ1n) is 12.2. The lowest BCUT2D eigenvalue weighted by atomic mass is 9.57. The summed E-state index contributed by atoms with van der Waals surface area (Å²) in [6.07, 6.45) is -5.87. The van der Waals surface area contributed by atoms with E-state index < -0.39 is 30.2 Å². The maximum atomic E-state index is 13.6. The maximum absolute atomic E-state index is 13.6. The van der Waals surface area contributed by atoms with Crippen LogP contribution in [0.4, 0.5) is 32.2 Å². The molecular formula is C25H23ClF6N6. The summed E-state index contributed by atoms with van der Waals surface area (Å²) in [4.78, 5) is 6.97. The number of pyridine rings is 1. The summed E-state index contributed by atoms with van der Waals surface area (Å²) in [7, 11) is 0. The molecule has 202 valence electrons. The average Bonchev–Trinajstić information content (AvgIpc) is 3.12. The summed E-state index contributed by atoms with van der Waals surface area (Å²) in [6.45, 7) is 2.36. The van der Waals surface area contributed by atoms with Gasteiger partial charge in [-0.25, -0.2) is 18.2 Å². The summed E-state index contributed by atoms with van der Waals surface area (Å²) in [5.74, 6) is 0.445. The summed E-state index contributed by atoms with van der Waals surface area (Å²) in [5.41, 5.74) is 0.471. The van der Waals surface area contributed by atoms with E-state index >= 15 is 0 Å². The first kappa shape index (κ1) is 25.4. The molecule has 6 nitrogen and oxygen atoms in total. The third kappa shape index (κ3) is 4.21. The third-order valence-corrected chi connectivity index (χ3v) is 8.18. The molecule has 1 unspecified atom stereocenters. The Morgan fingerprint density at radius 2 is 1.79 bits per heavy atom. The van der Waals surface area contributed by atoms with Crippen LogP contribution < -0.4 is 4.90 Å². The first-order chi connectivity index (χ1) is 17.9. The number of benzene rings is 1. The summed E-state index contributed by atoms with van der Waals surface area (Å²) in [6, 6.07) is 5.90. The zero-order valence-corrected chi connectivity index (χ0v) is 20.9. The highest BCUT2D eigenvalue weighted by Gasteiger charge is 2.54. The minimum absolute atomic E-state index is 0.0195. The monoisotopic (exact) mass is 556 g/mol. The smallest absolute Gasteiger partial charge is 0.355 e. The van der Waals surface area contributed by atoms with Crippen LogP contribution >= 0.6 is 11.6 Å². The highest BCUT2D eigenvalue weighted by atomic mass is 35.5. The first-order valence-corrected chi connectivity index (χ1v) is 12.6. The molecule has 13 heteroatoms. The fourth-order valence-electron chi connectivity index (χ4n) is 5.92. The molecule has 1 aromatic carbocycles. The number of hydrogen-bond donors (Lipinski definition) is 0. The molecule has 4 heterocycles. The number of anilines is 1. The van der Waals surface area contributed by atoms with E-state index in [0.717, 1.165) is 25.8 Å². The summed E-state index contributed by atoms with van der Waals surface area (Å²) >= 11 is 6.20. The Bertz CT molecular complexity index is 1380. The van der Waals surface area contributed by atoms with E-state index in [1.165, 1.54) is 11.0 Å². The van der Waals surface area contributed by atoms with E-state index in [-0.39, 0.29) is 24.4 Å². The Balaban J connectivity index is 1.23. The number of halogens is 7. The summed E-state index contributed by atoms with van der Waals surface area (Å²) in [5, 5.41) is 9.12. The van der Waals surface area contributed by atoms with Crippen molar-refractivity contribution in [1.82, 2.24) is 24.6 Å². The topological polar surface area (TPSA) is 50.1 Å². The zero-order valence-electron chi connectivity index (χ0n) is 20.2. The van der Waals surface area contributed by atoms with Crippen molar-refractivity contribution in [2.24, 2.45) is 5.41 Å². The number of alkyl halides is 5. The van der Waals surface area contributed by atoms with Crippen molar-refractivity contribution in [2.75, 3.05) is 18.0 Å². The second-order valence-electron chi connectivity index (χ2n) is 10.5. The molecule has 1 atom stereocenters. The fourth-order valence-corrected chi connectivity index (χ4v) is 6.12. The van der Waals surface area contributed by atoms with Gasteiger partial charge in [0.25, 0.3) is 6.43 Å². The highest BCUT2D eigenvalue weighted by molar-refractivity contribution is 6.30. The van der Waals surface area contributed by atoms with E-state index in [4.69, 9.17) is 11.6 Å². The fraction of sp³-hybridized carbons (Fsp3) is 0.480. The predicted molar refractivity (Wildman–Crippen MR) is 127 cm³/mol. The Labute approximate surface area is 219 Å². The standard InChI is InChI=1S/C25H23ClF6N6/c1-13(25(30,31)32)36-9-14-6-16(26)2-4-18(14)38-20(10-36)34-35-23(38)15-7-24(8-15)11-37(12-24)19-5-3-17(27)21(33-19)22(28)29/h2-6,13,15,22H,7-12H2,1H3. The quantitative estimate of drug-likeness (QED) is 0.367. The molecule has 2 aliphatic heterocycles. The van der Waals surface area contributed by atoms with E-state index in [1.54, 1.807) is 18.2 Å². The van der Waals surface area contributed by atoms with Crippen molar-refractivity contribution < 1.29 is 26.3 Å². The van der Waals surface area contributed by atoms with Gasteiger partial charge in [-0.2, -0.15) is 13.2 Å². The average molecular weight is 557 g/mol. The molecule has 2 aromatic heterocycles. The van der Waals surface area contributed by atoms with Crippen LogP contribution in [0.2, 0.25) is 5.02 Å². The molecule has 1 saturated carbocycles. The SMILES string of the molecule is CC(N1Cc2cc(Cl)ccc2-n2c(nnc2C2CC3(C2)CN(c2ccc(F)c(C(F)F)n2)C3)C1)C(F)(F)F. The van der Waals surface area contributed by atoms with Gasteiger partial charge in [-0.05, 0) is 55.7 Å². The molecular weight excluding hydrogens is 534 g/mol. The van der Waals surface area contributed by atoms with E-state index in [9.17, 15) is 26.3 Å². The minimum Gasteiger partial charge on any atom is -0.355 e. The van der Waals surface area contributed by atoms with Gasteiger partial charge in [0.1, 0.15) is 23.4 Å². The van der Waals surface area contributed by atoms with E-state index in [0.29, 0.717) is 46.8 Å². The van der Waals surface area contributed by atoms with Crippen molar-refractivity contribution in [1.29, 1.82) is 0 Å². The molecule has 1 spiro atoms. The van der Waals surface area contributed by atoms with Gasteiger partial charge >= 0.3 is 6.18 Å². The summed E-state index contributed by atoms with van der Waals surface area (Å²) < 4.78 is 82.3. The Morgan fingerprint density at radius 3 is 2.47 bits per heavy atom. The van der Waals surface area contributed by atoms with Crippen LogP contribution in [0.5, 0.6) is 0 Å². The molecule has 3 aliphatic rings. The molecule has 0 N–H and O–H groups in total. The lowest BCUT2D eigenvalue weighted by Crippen LogP contribution is -2.62. The molecule has 3 aromatic rings. The number of fused-ring (bicyclic) bond motifs is 3. The second-order valence-corrected chi connectivity index (χ2v) is 10.9. The highest BCUT2D eigenvalue weighted by Crippen LogP contribution is 2.56. The van der Waals surface area contributed by atoms with Gasteiger partial charge in [-0.3, -0.25) is 9.47 Å². The van der Waals surface area contributed by atoms with Crippen LogP contribution in [0.3, 0.4) is 0 Å². The van der Waals surface area contributed by atoms with Gasteiger partial charge in [0.2, 0.25) is 0 Å². The normalized spacial score (nSPS) is 20.1.